The van der Waals surface area contributed by atoms with Gasteiger partial charge < -0.3 is 10.8 Å². The Morgan fingerprint density at radius 1 is 1.00 bits per heavy atom. The van der Waals surface area contributed by atoms with Crippen LogP contribution >= 0.6 is 0 Å². The maximum Gasteiger partial charge on any atom is 0.0471 e. The summed E-state index contributed by atoms with van der Waals surface area (Å²) in [6, 6.07) is 6.75. The Hall–Kier alpha value is -0.860. The molecule has 0 bridgehead atoms. The lowest BCUT2D eigenvalue weighted by Crippen LogP contribution is -2.12. The third-order valence-electron chi connectivity index (χ3n) is 3.24. The molecule has 18 heavy (non-hydrogen) atoms. The number of rotatable bonds is 6. The second kappa shape index (κ2) is 6.91. The molecule has 2 heteroatoms. The molecule has 0 saturated heterocycles. The summed E-state index contributed by atoms with van der Waals surface area (Å²) < 4.78 is 0. The molecule has 0 radical (unpaired) electrons. The second-order valence-corrected chi connectivity index (χ2v) is 6.01. The first-order valence-electron chi connectivity index (χ1n) is 6.91. The summed E-state index contributed by atoms with van der Waals surface area (Å²) in [5, 5.41) is 9.10. The van der Waals surface area contributed by atoms with Crippen LogP contribution in [0.2, 0.25) is 0 Å². The first kappa shape index (κ1) is 15.2. The molecule has 1 rings (SSSR count). The van der Waals surface area contributed by atoms with Crippen LogP contribution in [0.15, 0.2) is 18.2 Å². The number of hydrogen-bond donors (Lipinski definition) is 2. The molecule has 0 spiro atoms. The molecule has 3 N–H and O–H groups in total. The van der Waals surface area contributed by atoms with E-state index in [0.29, 0.717) is 0 Å². The number of aryl methyl sites for hydroxylation is 1. The molecule has 1 aromatic rings. The Morgan fingerprint density at radius 3 is 2.11 bits per heavy atom. The Bertz CT molecular complexity index is 366. The van der Waals surface area contributed by atoms with Gasteiger partial charge in [0, 0.05) is 6.61 Å². The number of nitrogens with two attached hydrogens (primary N) is 1. The van der Waals surface area contributed by atoms with Crippen LogP contribution in [0.3, 0.4) is 0 Å². The summed E-state index contributed by atoms with van der Waals surface area (Å²) >= 11 is 0. The Kier molecular flexibility index (Phi) is 5.83. The summed E-state index contributed by atoms with van der Waals surface area (Å²) in [6.07, 6.45) is 4.05. The van der Waals surface area contributed by atoms with Crippen LogP contribution < -0.4 is 5.73 Å². The molecule has 0 heterocycles. The first-order valence-corrected chi connectivity index (χ1v) is 6.91. The van der Waals surface area contributed by atoms with Crippen LogP contribution in [0.5, 0.6) is 0 Å². The molecule has 0 amide bonds. The molecular formula is C16H27NO. The van der Waals surface area contributed by atoms with Gasteiger partial charge in [0.05, 0.1) is 0 Å². The van der Waals surface area contributed by atoms with E-state index >= 15 is 0 Å². The Morgan fingerprint density at radius 2 is 1.61 bits per heavy atom. The van der Waals surface area contributed by atoms with Gasteiger partial charge >= 0.3 is 0 Å². The normalized spacial score (nSPS) is 11.8. The molecule has 1 aromatic carbocycles. The molecule has 0 aliphatic rings. The SMILES string of the molecule is CC(C)(C)c1cc(CCO)cc(CCCCN)c1. The fraction of sp³-hybridized carbons (Fsp3) is 0.625. The zero-order valence-corrected chi connectivity index (χ0v) is 12.0. The highest BCUT2D eigenvalue weighted by atomic mass is 16.2. The van der Waals surface area contributed by atoms with Crippen LogP contribution in [0, 0.1) is 0 Å². The van der Waals surface area contributed by atoms with E-state index in [-0.39, 0.29) is 12.0 Å². The highest BCUT2D eigenvalue weighted by Gasteiger charge is 2.15. The van der Waals surface area contributed by atoms with E-state index < -0.39 is 0 Å². The smallest absolute Gasteiger partial charge is 0.0471 e. The predicted octanol–water partition coefficient (Wildman–Crippen LogP) is 2.80. The number of aliphatic hydroxyl groups is 1. The van der Waals surface area contributed by atoms with Crippen molar-refractivity contribution in [3.8, 4) is 0 Å². The largest absolute Gasteiger partial charge is 0.396 e. The standard InChI is InChI=1S/C16H27NO/c1-16(2,3)15-11-13(6-4-5-8-17)10-14(12-15)7-9-18/h10-12,18H,4-9,17H2,1-3H3. The van der Waals surface area contributed by atoms with Crippen molar-refractivity contribution in [3.05, 3.63) is 34.9 Å². The fourth-order valence-corrected chi connectivity index (χ4v) is 2.09. The molecule has 102 valence electrons. The average molecular weight is 249 g/mol. The van der Waals surface area contributed by atoms with E-state index in [1.807, 2.05) is 0 Å². The summed E-state index contributed by atoms with van der Waals surface area (Å²) in [6.45, 7) is 7.68. The molecule has 2 nitrogen and oxygen atoms in total. The van der Waals surface area contributed by atoms with Crippen molar-refractivity contribution < 1.29 is 5.11 Å². The molecule has 0 aliphatic carbocycles. The van der Waals surface area contributed by atoms with Crippen molar-refractivity contribution in [2.45, 2.75) is 51.9 Å². The Labute approximate surface area is 111 Å². The molecule has 0 fully saturated rings. The van der Waals surface area contributed by atoms with Crippen LogP contribution in [-0.4, -0.2) is 18.3 Å². The van der Waals surface area contributed by atoms with Crippen molar-refractivity contribution >= 4 is 0 Å². The van der Waals surface area contributed by atoms with Gasteiger partial charge in [0.25, 0.3) is 0 Å². The lowest BCUT2D eigenvalue weighted by molar-refractivity contribution is 0.299. The Balaban J connectivity index is 2.91. The van der Waals surface area contributed by atoms with Crippen LogP contribution in [-0.2, 0) is 18.3 Å². The molecule has 0 atom stereocenters. The van der Waals surface area contributed by atoms with Gasteiger partial charge in [-0.2, -0.15) is 0 Å². The minimum absolute atomic E-state index is 0.161. The van der Waals surface area contributed by atoms with Crippen molar-refractivity contribution in [1.29, 1.82) is 0 Å². The summed E-state index contributed by atoms with van der Waals surface area (Å²) in [5.74, 6) is 0. The van der Waals surface area contributed by atoms with Crippen molar-refractivity contribution in [2.75, 3.05) is 13.2 Å². The van der Waals surface area contributed by atoms with Gasteiger partial charge in [0.15, 0.2) is 0 Å². The van der Waals surface area contributed by atoms with Gasteiger partial charge in [-0.25, -0.2) is 0 Å². The van der Waals surface area contributed by atoms with E-state index in [1.54, 1.807) is 0 Å². The van der Waals surface area contributed by atoms with E-state index in [1.165, 1.54) is 16.7 Å². The fourth-order valence-electron chi connectivity index (χ4n) is 2.09. The summed E-state index contributed by atoms with van der Waals surface area (Å²) in [7, 11) is 0. The second-order valence-electron chi connectivity index (χ2n) is 6.01. The zero-order valence-electron chi connectivity index (χ0n) is 12.0. The number of aliphatic hydroxyl groups excluding tert-OH is 1. The monoisotopic (exact) mass is 249 g/mol. The highest BCUT2D eigenvalue weighted by molar-refractivity contribution is 5.34. The van der Waals surface area contributed by atoms with Crippen LogP contribution in [0.4, 0.5) is 0 Å². The molecular weight excluding hydrogens is 222 g/mol. The van der Waals surface area contributed by atoms with Crippen molar-refractivity contribution in [1.82, 2.24) is 0 Å². The zero-order chi connectivity index (χ0) is 13.6. The third-order valence-corrected chi connectivity index (χ3v) is 3.24. The van der Waals surface area contributed by atoms with Gasteiger partial charge in [-0.05, 0) is 54.3 Å². The number of benzene rings is 1. The summed E-state index contributed by atoms with van der Waals surface area (Å²) in [5.41, 5.74) is 9.67. The third kappa shape index (κ3) is 4.79. The van der Waals surface area contributed by atoms with E-state index in [4.69, 9.17) is 10.8 Å². The van der Waals surface area contributed by atoms with Crippen molar-refractivity contribution in [3.63, 3.8) is 0 Å². The molecule has 0 aliphatic heterocycles. The quantitative estimate of drug-likeness (QED) is 0.762. The highest BCUT2D eigenvalue weighted by Crippen LogP contribution is 2.25. The van der Waals surface area contributed by atoms with E-state index in [0.717, 1.165) is 32.2 Å². The van der Waals surface area contributed by atoms with Crippen molar-refractivity contribution in [2.24, 2.45) is 5.73 Å². The minimum atomic E-state index is 0.161. The van der Waals surface area contributed by atoms with Gasteiger partial charge in [0.2, 0.25) is 0 Å². The summed E-state index contributed by atoms with van der Waals surface area (Å²) in [4.78, 5) is 0. The molecule has 0 aromatic heterocycles. The molecule has 0 saturated carbocycles. The minimum Gasteiger partial charge on any atom is -0.396 e. The van der Waals surface area contributed by atoms with E-state index in [2.05, 4.69) is 39.0 Å². The van der Waals surface area contributed by atoms with Gasteiger partial charge in [-0.15, -0.1) is 0 Å². The molecule has 0 unspecified atom stereocenters. The lowest BCUT2D eigenvalue weighted by Gasteiger charge is -2.21. The lowest BCUT2D eigenvalue weighted by atomic mass is 9.84. The average Bonchev–Trinajstić information content (AvgIpc) is 2.28. The number of hydrogen-bond acceptors (Lipinski definition) is 2. The predicted molar refractivity (Wildman–Crippen MR) is 77.9 cm³/mol. The van der Waals surface area contributed by atoms with E-state index in [9.17, 15) is 0 Å². The van der Waals surface area contributed by atoms with Gasteiger partial charge in [-0.3, -0.25) is 0 Å². The van der Waals surface area contributed by atoms with Crippen LogP contribution in [0.25, 0.3) is 0 Å². The maximum atomic E-state index is 9.10. The van der Waals surface area contributed by atoms with Gasteiger partial charge in [0.1, 0.15) is 0 Å². The van der Waals surface area contributed by atoms with Crippen LogP contribution in [0.1, 0.15) is 50.3 Å². The number of unbranched alkanes of at least 4 members (excludes halogenated alkanes) is 1. The first-order chi connectivity index (χ1) is 8.47. The topological polar surface area (TPSA) is 46.2 Å². The van der Waals surface area contributed by atoms with Gasteiger partial charge in [-0.1, -0.05) is 39.0 Å². The maximum absolute atomic E-state index is 9.10.